The predicted octanol–water partition coefficient (Wildman–Crippen LogP) is 0.805. The molecule has 0 unspecified atom stereocenters. The van der Waals surface area contributed by atoms with Gasteiger partial charge in [-0.15, -0.1) is 0 Å². The Kier molecular flexibility index (Phi) is 6.98. The fourth-order valence-electron chi connectivity index (χ4n) is 0.313. The van der Waals surface area contributed by atoms with E-state index in [0.29, 0.717) is 4.88 Å². The summed E-state index contributed by atoms with van der Waals surface area (Å²) in [6, 6.07) is 5.72. The first-order valence-electron chi connectivity index (χ1n) is 2.29. The van der Waals surface area contributed by atoms with Crippen molar-refractivity contribution in [1.82, 2.24) is 4.98 Å². The van der Waals surface area contributed by atoms with Gasteiger partial charge in [0.25, 0.3) is 0 Å². The first-order valence-corrected chi connectivity index (χ1v) is 3.29. The molecule has 9 heavy (non-hydrogen) atoms. The summed E-state index contributed by atoms with van der Waals surface area (Å²) < 4.78 is 0. The first kappa shape index (κ1) is 8.44. The zero-order chi connectivity index (χ0) is 6.95. The van der Waals surface area contributed by atoms with Crippen molar-refractivity contribution in [3.8, 4) is 0 Å². The summed E-state index contributed by atoms with van der Waals surface area (Å²) in [7, 11) is 0. The molecule has 1 heterocycles. The van der Waals surface area contributed by atoms with Crippen LogP contribution < -0.4 is 0 Å². The van der Waals surface area contributed by atoms with Crippen molar-refractivity contribution in [2.24, 2.45) is 0 Å². The monoisotopic (exact) mass is 210 g/mol. The van der Waals surface area contributed by atoms with E-state index in [1.54, 1.807) is 12.4 Å². The third-order valence-corrected chi connectivity index (χ3v) is 0.566. The number of nitrogens with zero attached hydrogens (tertiary/aromatic N) is 1. The van der Waals surface area contributed by atoms with E-state index < -0.39 is 0 Å². The summed E-state index contributed by atoms with van der Waals surface area (Å²) >= 11 is 1.83. The average molecular weight is 209 g/mol. The van der Waals surface area contributed by atoms with Crippen LogP contribution in [0.1, 0.15) is 0 Å². The number of hydrogen-bond donors (Lipinski definition) is 0. The zero-order valence-electron chi connectivity index (χ0n) is 4.67. The second-order valence-corrected chi connectivity index (χ2v) is 1.52. The van der Waals surface area contributed by atoms with Crippen molar-refractivity contribution in [3.05, 3.63) is 30.6 Å². The molecular formula is C6H6NORu. The zero-order valence-corrected chi connectivity index (χ0v) is 6.41. The Labute approximate surface area is 64.0 Å². The summed E-state index contributed by atoms with van der Waals surface area (Å²) in [6.07, 6.45) is 3.50. The Morgan fingerprint density at radius 3 is 1.78 bits per heavy atom. The molecule has 49 valence electrons. The van der Waals surface area contributed by atoms with Crippen molar-refractivity contribution < 1.29 is 23.1 Å². The molecule has 1 aromatic heterocycles. The van der Waals surface area contributed by atoms with Crippen LogP contribution in [0.25, 0.3) is 0 Å². The van der Waals surface area contributed by atoms with Gasteiger partial charge in [-0.3, -0.25) is 4.98 Å². The second kappa shape index (κ2) is 7.44. The van der Waals surface area contributed by atoms with Crippen molar-refractivity contribution >= 4 is 4.88 Å². The van der Waals surface area contributed by atoms with Gasteiger partial charge in [0.2, 0.25) is 0 Å². The van der Waals surface area contributed by atoms with E-state index >= 15 is 0 Å². The quantitative estimate of drug-likeness (QED) is 0.467. The van der Waals surface area contributed by atoms with Gasteiger partial charge in [0.1, 0.15) is 0 Å². The van der Waals surface area contributed by atoms with E-state index in [-0.39, 0.29) is 0 Å². The van der Waals surface area contributed by atoms with Crippen molar-refractivity contribution in [1.29, 1.82) is 0 Å². The Morgan fingerprint density at radius 1 is 1.22 bits per heavy atom. The standard InChI is InChI=1S/C5H5N.CHO.Ru/c1-2-4-6-5-3-1;1-2;/h1-5H;1H;. The van der Waals surface area contributed by atoms with Gasteiger partial charge < -0.3 is 0 Å². The van der Waals surface area contributed by atoms with E-state index in [2.05, 4.69) is 4.98 Å². The van der Waals surface area contributed by atoms with Gasteiger partial charge in [0, 0.05) is 12.4 Å². The fourth-order valence-corrected chi connectivity index (χ4v) is 0.313. The summed E-state index contributed by atoms with van der Waals surface area (Å²) in [5, 5.41) is 0. The van der Waals surface area contributed by atoms with Gasteiger partial charge in [0.15, 0.2) is 0 Å². The van der Waals surface area contributed by atoms with Gasteiger partial charge in [0.05, 0.1) is 0 Å². The number of rotatable bonds is 0. The van der Waals surface area contributed by atoms with Crippen LogP contribution in [-0.4, -0.2) is 9.86 Å². The number of pyridine rings is 1. The molecule has 0 radical (unpaired) electrons. The van der Waals surface area contributed by atoms with E-state index in [4.69, 9.17) is 4.79 Å². The number of carbonyl (C=O) groups excluding carboxylic acids is 1. The molecule has 0 N–H and O–H groups in total. The van der Waals surface area contributed by atoms with Crippen molar-refractivity contribution in [2.75, 3.05) is 0 Å². The largest absolute Gasteiger partial charge is 0.265 e. The minimum Gasteiger partial charge on any atom is -0.265 e. The normalized spacial score (nSPS) is 6.78. The molecule has 0 aliphatic heterocycles. The molecule has 0 bridgehead atoms. The molecule has 0 fully saturated rings. The SMILES string of the molecule is O=[CH][Ru].c1ccncc1. The smallest absolute Gasteiger partial charge is 0.0267 e. The third kappa shape index (κ3) is 7.44. The third-order valence-electron chi connectivity index (χ3n) is 0.566. The van der Waals surface area contributed by atoms with Crippen molar-refractivity contribution in [2.45, 2.75) is 0 Å². The molecule has 0 aromatic carbocycles. The van der Waals surface area contributed by atoms with Crippen LogP contribution in [0, 0.1) is 0 Å². The average Bonchev–Trinajstić information content (AvgIpc) is 1.93. The van der Waals surface area contributed by atoms with E-state index in [0.717, 1.165) is 0 Å². The summed E-state index contributed by atoms with van der Waals surface area (Å²) in [5.74, 6) is 0. The van der Waals surface area contributed by atoms with Crippen molar-refractivity contribution in [3.63, 3.8) is 0 Å². The topological polar surface area (TPSA) is 30.0 Å². The van der Waals surface area contributed by atoms with Gasteiger partial charge in [-0.25, -0.2) is 0 Å². The van der Waals surface area contributed by atoms with E-state index in [9.17, 15) is 0 Å². The Hall–Kier alpha value is -0.557. The van der Waals surface area contributed by atoms with E-state index in [1.165, 1.54) is 0 Å². The van der Waals surface area contributed by atoms with Gasteiger partial charge >= 0.3 is 28.0 Å². The fraction of sp³-hybridized carbons (Fsp3) is 0. The van der Waals surface area contributed by atoms with Gasteiger partial charge in [-0.1, -0.05) is 6.07 Å². The molecule has 3 heteroatoms. The van der Waals surface area contributed by atoms with Crippen LogP contribution in [0.5, 0.6) is 0 Å². The maximum absolute atomic E-state index is 8.77. The molecule has 1 rings (SSSR count). The maximum atomic E-state index is 8.77. The Morgan fingerprint density at radius 2 is 1.67 bits per heavy atom. The van der Waals surface area contributed by atoms with Crippen LogP contribution in [-0.2, 0) is 23.1 Å². The Balaban J connectivity index is 0.000000187. The summed E-state index contributed by atoms with van der Waals surface area (Å²) in [6.45, 7) is 0. The second-order valence-electron chi connectivity index (χ2n) is 1.11. The molecule has 0 saturated heterocycles. The molecule has 0 amide bonds. The summed E-state index contributed by atoms with van der Waals surface area (Å²) in [4.78, 5) is 13.2. The number of carbonyl (C=O) groups is 1. The first-order chi connectivity index (χ1) is 4.41. The van der Waals surface area contributed by atoms with Gasteiger partial charge in [-0.2, -0.15) is 0 Å². The molecule has 2 nitrogen and oxygen atoms in total. The van der Waals surface area contributed by atoms with Crippen LogP contribution >= 0.6 is 0 Å². The number of aromatic nitrogens is 1. The van der Waals surface area contributed by atoms with Crippen LogP contribution in [0.4, 0.5) is 0 Å². The number of hydrogen-bond acceptors (Lipinski definition) is 2. The maximum Gasteiger partial charge on any atom is 0.0267 e. The molecule has 0 saturated carbocycles. The van der Waals surface area contributed by atoms with Crippen LogP contribution in [0.2, 0.25) is 0 Å². The Bertz CT molecular complexity index is 116. The van der Waals surface area contributed by atoms with E-state index in [1.807, 2.05) is 36.5 Å². The van der Waals surface area contributed by atoms with Gasteiger partial charge in [-0.05, 0) is 12.1 Å². The minimum atomic E-state index is 0.680. The molecule has 0 atom stereocenters. The van der Waals surface area contributed by atoms with Crippen LogP contribution in [0.3, 0.4) is 0 Å². The summed E-state index contributed by atoms with van der Waals surface area (Å²) in [5.41, 5.74) is 0. The molecular weight excluding hydrogens is 203 g/mol. The molecule has 0 aliphatic rings. The van der Waals surface area contributed by atoms with Crippen LogP contribution in [0.15, 0.2) is 30.6 Å². The molecule has 0 aliphatic carbocycles. The minimum absolute atomic E-state index is 0.680. The predicted molar refractivity (Wildman–Crippen MR) is 31.0 cm³/mol. The molecule has 1 aromatic rings. The molecule has 0 spiro atoms.